The summed E-state index contributed by atoms with van der Waals surface area (Å²) < 4.78 is 12.8. The lowest BCUT2D eigenvalue weighted by atomic mass is 9.83. The van der Waals surface area contributed by atoms with Crippen LogP contribution in [-0.4, -0.2) is 40.7 Å². The highest BCUT2D eigenvalue weighted by atomic mass is 32.1. The normalized spacial score (nSPS) is 20.5. The van der Waals surface area contributed by atoms with Gasteiger partial charge in [0.05, 0.1) is 26.0 Å². The summed E-state index contributed by atoms with van der Waals surface area (Å²) in [5, 5.41) is 14.3. The number of carbonyl (C=O) groups is 1. The fourth-order valence-electron chi connectivity index (χ4n) is 5.30. The Labute approximate surface area is 200 Å². The predicted octanol–water partition coefficient (Wildman–Crippen LogP) is 2.88. The van der Waals surface area contributed by atoms with Crippen LogP contribution in [-0.2, 0) is 22.6 Å². The lowest BCUT2D eigenvalue weighted by Crippen LogP contribution is -2.46. The first-order valence-corrected chi connectivity index (χ1v) is 12.2. The Morgan fingerprint density at radius 2 is 2.12 bits per heavy atom. The minimum atomic E-state index is -0.620. The van der Waals surface area contributed by atoms with E-state index in [-0.39, 0.29) is 23.7 Å². The molecule has 9 heteroatoms. The van der Waals surface area contributed by atoms with Gasteiger partial charge in [0.25, 0.3) is 5.56 Å². The summed E-state index contributed by atoms with van der Waals surface area (Å²) in [7, 11) is 1.30. The van der Waals surface area contributed by atoms with Crippen molar-refractivity contribution in [1.29, 1.82) is 0 Å². The predicted molar refractivity (Wildman–Crippen MR) is 126 cm³/mol. The largest absolute Gasteiger partial charge is 0.502 e. The van der Waals surface area contributed by atoms with E-state index in [2.05, 4.69) is 4.90 Å². The molecular formula is C25H26N2O6S. The van der Waals surface area contributed by atoms with Crippen molar-refractivity contribution in [1.82, 2.24) is 9.47 Å². The fourth-order valence-corrected chi connectivity index (χ4v) is 6.01. The van der Waals surface area contributed by atoms with E-state index in [1.807, 2.05) is 33.5 Å². The molecule has 0 spiro atoms. The van der Waals surface area contributed by atoms with Crippen LogP contribution < -0.4 is 11.0 Å². The molecule has 2 aliphatic heterocycles. The summed E-state index contributed by atoms with van der Waals surface area (Å²) in [6, 6.07) is 8.60. The van der Waals surface area contributed by atoms with Gasteiger partial charge in [0, 0.05) is 43.4 Å². The van der Waals surface area contributed by atoms with Gasteiger partial charge in [-0.3, -0.25) is 19.3 Å². The Morgan fingerprint density at radius 1 is 1.26 bits per heavy atom. The highest BCUT2D eigenvalue weighted by molar-refractivity contribution is 7.08. The van der Waals surface area contributed by atoms with E-state index < -0.39 is 23.1 Å². The Morgan fingerprint density at radius 3 is 2.88 bits per heavy atom. The molecule has 8 nitrogen and oxygen atoms in total. The van der Waals surface area contributed by atoms with Crippen molar-refractivity contribution in [3.05, 3.63) is 84.4 Å². The van der Waals surface area contributed by atoms with Crippen LogP contribution in [0.15, 0.2) is 55.1 Å². The van der Waals surface area contributed by atoms with Crippen LogP contribution >= 0.6 is 11.3 Å². The second-order valence-electron chi connectivity index (χ2n) is 9.07. The minimum absolute atomic E-state index is 0.0416. The molecule has 34 heavy (non-hydrogen) atoms. The molecule has 2 bridgehead atoms. The Balaban J connectivity index is 1.43. The molecule has 1 saturated heterocycles. The maximum Gasteiger partial charge on any atom is 0.306 e. The van der Waals surface area contributed by atoms with Crippen molar-refractivity contribution in [2.45, 2.75) is 37.8 Å². The van der Waals surface area contributed by atoms with E-state index in [1.54, 1.807) is 6.07 Å². The molecule has 5 heterocycles. The van der Waals surface area contributed by atoms with Crippen molar-refractivity contribution >= 4 is 17.3 Å². The number of hydrogen-bond donors (Lipinski definition) is 1. The summed E-state index contributed by atoms with van der Waals surface area (Å²) in [6.45, 7) is 2.62. The van der Waals surface area contributed by atoms with E-state index in [0.29, 0.717) is 24.8 Å². The SMILES string of the molecule is COC(=O)CC(c1ccsc1)c1oc(CN2C[C@H]3C[C@@H](C2)c2cccc(=O)n2C3)cc(=O)c1O. The van der Waals surface area contributed by atoms with Crippen molar-refractivity contribution < 1.29 is 19.1 Å². The number of thiophene rings is 1. The average Bonchev–Trinajstić information content (AvgIpc) is 3.35. The molecule has 2 aliphatic rings. The standard InChI is InChI=1S/C25H26N2O6S/c1-32-23(30)9-19(16-5-6-34-14-16)25-24(31)21(28)8-18(33-25)13-26-10-15-7-17(12-26)20-3-2-4-22(29)27(20)11-15/h2-6,8,14-15,17,19,31H,7,9-13H2,1H3/t15-,17+,19?/m1/s1. The number of piperidine rings is 1. The van der Waals surface area contributed by atoms with Crippen LogP contribution in [0.2, 0.25) is 0 Å². The number of esters is 1. The Kier molecular flexibility index (Phi) is 6.14. The average molecular weight is 483 g/mol. The van der Waals surface area contributed by atoms with E-state index >= 15 is 0 Å². The summed E-state index contributed by atoms with van der Waals surface area (Å²) in [5.41, 5.74) is 1.34. The van der Waals surface area contributed by atoms with E-state index in [9.17, 15) is 19.5 Å². The van der Waals surface area contributed by atoms with Gasteiger partial charge in [0.1, 0.15) is 5.76 Å². The molecule has 1 unspecified atom stereocenters. The molecule has 3 atom stereocenters. The molecule has 0 radical (unpaired) electrons. The molecule has 5 rings (SSSR count). The fraction of sp³-hybridized carbons (Fsp3) is 0.400. The summed E-state index contributed by atoms with van der Waals surface area (Å²) in [4.78, 5) is 39.2. The quantitative estimate of drug-likeness (QED) is 0.539. The number of hydrogen-bond acceptors (Lipinski definition) is 8. The molecule has 3 aromatic rings. The lowest BCUT2D eigenvalue weighted by molar-refractivity contribution is -0.140. The second kappa shape index (κ2) is 9.23. The van der Waals surface area contributed by atoms with E-state index in [1.165, 1.54) is 24.5 Å². The van der Waals surface area contributed by atoms with Crippen molar-refractivity contribution in [2.75, 3.05) is 20.2 Å². The smallest absolute Gasteiger partial charge is 0.306 e. The van der Waals surface area contributed by atoms with Gasteiger partial charge in [-0.2, -0.15) is 11.3 Å². The van der Waals surface area contributed by atoms with Crippen LogP contribution in [0.5, 0.6) is 5.75 Å². The van der Waals surface area contributed by atoms with E-state index in [4.69, 9.17) is 9.15 Å². The van der Waals surface area contributed by atoms with Crippen LogP contribution in [0.3, 0.4) is 0 Å². The maximum atomic E-state index is 12.6. The number of aromatic nitrogens is 1. The zero-order valence-corrected chi connectivity index (χ0v) is 19.6. The summed E-state index contributed by atoms with van der Waals surface area (Å²) >= 11 is 1.46. The molecule has 0 amide bonds. The number of ether oxygens (including phenoxy) is 1. The van der Waals surface area contributed by atoms with Crippen LogP contribution in [0.4, 0.5) is 0 Å². The minimum Gasteiger partial charge on any atom is -0.502 e. The summed E-state index contributed by atoms with van der Waals surface area (Å²) in [5.74, 6) is -0.455. The second-order valence-corrected chi connectivity index (χ2v) is 9.85. The molecule has 0 aliphatic carbocycles. The van der Waals surface area contributed by atoms with Crippen LogP contribution in [0.1, 0.15) is 47.5 Å². The molecule has 1 fully saturated rings. The van der Waals surface area contributed by atoms with Gasteiger partial charge in [-0.1, -0.05) is 6.07 Å². The van der Waals surface area contributed by atoms with Gasteiger partial charge >= 0.3 is 5.97 Å². The van der Waals surface area contributed by atoms with Gasteiger partial charge in [0.15, 0.2) is 5.76 Å². The topological polar surface area (TPSA) is 102 Å². The number of nitrogens with zero attached hydrogens (tertiary/aromatic N) is 2. The number of fused-ring (bicyclic) bond motifs is 4. The number of rotatable bonds is 6. The molecular weight excluding hydrogens is 456 g/mol. The van der Waals surface area contributed by atoms with E-state index in [0.717, 1.165) is 30.8 Å². The molecule has 178 valence electrons. The monoisotopic (exact) mass is 482 g/mol. The molecule has 0 saturated carbocycles. The number of methoxy groups -OCH3 is 1. The summed E-state index contributed by atoms with van der Waals surface area (Å²) in [6.07, 6.45) is 0.983. The number of likely N-dealkylation sites (tertiary alicyclic amines) is 1. The Bertz CT molecular complexity index is 1310. The Hall–Kier alpha value is -3.17. The van der Waals surface area contributed by atoms with Crippen molar-refractivity contribution in [3.8, 4) is 5.75 Å². The van der Waals surface area contributed by atoms with Gasteiger partial charge in [-0.05, 0) is 40.8 Å². The number of aromatic hydroxyl groups is 1. The molecule has 1 N–H and O–H groups in total. The lowest BCUT2D eigenvalue weighted by Gasteiger charge is -2.42. The first-order chi connectivity index (χ1) is 16.4. The van der Waals surface area contributed by atoms with Crippen molar-refractivity contribution in [3.63, 3.8) is 0 Å². The third-order valence-corrected chi connectivity index (χ3v) is 7.50. The highest BCUT2D eigenvalue weighted by Crippen LogP contribution is 2.37. The highest BCUT2D eigenvalue weighted by Gasteiger charge is 2.35. The number of pyridine rings is 1. The zero-order valence-electron chi connectivity index (χ0n) is 18.8. The third-order valence-electron chi connectivity index (χ3n) is 6.80. The molecule has 3 aromatic heterocycles. The third kappa shape index (κ3) is 4.33. The van der Waals surface area contributed by atoms with Crippen LogP contribution in [0.25, 0.3) is 0 Å². The number of carbonyl (C=O) groups excluding carboxylic acids is 1. The zero-order chi connectivity index (χ0) is 23.8. The van der Waals surface area contributed by atoms with Gasteiger partial charge in [0.2, 0.25) is 11.2 Å². The van der Waals surface area contributed by atoms with Gasteiger partial charge < -0.3 is 18.8 Å². The van der Waals surface area contributed by atoms with Gasteiger partial charge in [-0.25, -0.2) is 0 Å². The molecule has 0 aromatic carbocycles. The van der Waals surface area contributed by atoms with Crippen molar-refractivity contribution in [2.24, 2.45) is 5.92 Å². The van der Waals surface area contributed by atoms with Gasteiger partial charge in [-0.15, -0.1) is 0 Å². The maximum absolute atomic E-state index is 12.6. The van der Waals surface area contributed by atoms with Crippen LogP contribution in [0, 0.1) is 5.92 Å². The first-order valence-electron chi connectivity index (χ1n) is 11.3. The first kappa shape index (κ1) is 22.6.